The number of aliphatic imine (C=N–C) groups is 3. The van der Waals surface area contributed by atoms with E-state index in [0.717, 1.165) is 28.7 Å². The summed E-state index contributed by atoms with van der Waals surface area (Å²) in [7, 11) is 0. The maximum absolute atomic E-state index is 12.9. The number of halogens is 1. The zero-order chi connectivity index (χ0) is 23.1. The van der Waals surface area contributed by atoms with E-state index in [9.17, 15) is 23.6 Å². The highest BCUT2D eigenvalue weighted by molar-refractivity contribution is 8.14. The maximum atomic E-state index is 12.9. The minimum Gasteiger partial charge on any atom is -0.351 e. The minimum absolute atomic E-state index is 0.0572. The van der Waals surface area contributed by atoms with E-state index in [1.807, 2.05) is 0 Å². The number of hydrogen-bond donors (Lipinski definition) is 2. The third-order valence-electron chi connectivity index (χ3n) is 3.81. The van der Waals surface area contributed by atoms with Gasteiger partial charge in [-0.2, -0.15) is 9.98 Å². The summed E-state index contributed by atoms with van der Waals surface area (Å²) >= 11 is 2.03. The van der Waals surface area contributed by atoms with E-state index >= 15 is 0 Å². The fourth-order valence-electron chi connectivity index (χ4n) is 2.37. The van der Waals surface area contributed by atoms with E-state index in [0.29, 0.717) is 4.88 Å². The summed E-state index contributed by atoms with van der Waals surface area (Å²) in [5.74, 6) is -3.09. The molecule has 0 saturated carbocycles. The Balaban J connectivity index is 1.65. The van der Waals surface area contributed by atoms with Crippen LogP contribution in [0.5, 0.6) is 0 Å². The Kier molecular flexibility index (Phi) is 7.73. The summed E-state index contributed by atoms with van der Waals surface area (Å²) in [6.07, 6.45) is 0. The molecular formula is C20H16FN5O4S2. The van der Waals surface area contributed by atoms with Crippen molar-refractivity contribution in [2.45, 2.75) is 13.5 Å². The van der Waals surface area contributed by atoms with Gasteiger partial charge in [-0.05, 0) is 29.1 Å². The Hall–Kier alpha value is -3.51. The molecule has 0 radical (unpaired) electrons. The van der Waals surface area contributed by atoms with Crippen molar-refractivity contribution in [2.75, 3.05) is 5.75 Å². The first-order valence-electron chi connectivity index (χ1n) is 9.12. The average Bonchev–Trinajstić information content (AvgIpc) is 3.29. The van der Waals surface area contributed by atoms with E-state index in [2.05, 4.69) is 25.6 Å². The minimum atomic E-state index is -0.858. The number of carbonyl (C=O) groups excluding carboxylic acids is 4. The molecule has 0 aliphatic carbocycles. The number of thiophene rings is 1. The van der Waals surface area contributed by atoms with Crippen LogP contribution in [0.15, 0.2) is 56.8 Å². The lowest BCUT2D eigenvalue weighted by Crippen LogP contribution is -2.41. The summed E-state index contributed by atoms with van der Waals surface area (Å²) in [6, 6.07) is 8.90. The number of nitrogens with zero attached hydrogens (tertiary/aromatic N) is 3. The quantitative estimate of drug-likeness (QED) is 0.686. The lowest BCUT2D eigenvalue weighted by molar-refractivity contribution is -0.119. The third-order valence-corrected chi connectivity index (χ3v) is 5.51. The van der Waals surface area contributed by atoms with Crippen LogP contribution in [0.2, 0.25) is 0 Å². The normalized spacial score (nSPS) is 14.6. The van der Waals surface area contributed by atoms with Crippen LogP contribution in [0, 0.1) is 5.82 Å². The number of amidine groups is 2. The average molecular weight is 474 g/mol. The molecule has 0 unspecified atom stereocenters. The molecule has 3 rings (SSSR count). The van der Waals surface area contributed by atoms with Crippen molar-refractivity contribution in [1.29, 1.82) is 0 Å². The standard InChI is InChI=1S/C20H16FN5O4S2/c1-11(27)23-17-16(24-18(29)14-3-2-8-31-14)19(30)26-20(25-17)32-10-15(28)22-9-12-4-6-13(21)7-5-12/h2-8H,9-10H2,1H3,(H,22,28)(H,23,25,26,27,30). The van der Waals surface area contributed by atoms with Crippen molar-refractivity contribution in [1.82, 2.24) is 10.6 Å². The smallest absolute Gasteiger partial charge is 0.302 e. The molecule has 32 heavy (non-hydrogen) atoms. The van der Waals surface area contributed by atoms with E-state index in [4.69, 9.17) is 0 Å². The molecule has 9 nitrogen and oxygen atoms in total. The molecular weight excluding hydrogens is 457 g/mol. The van der Waals surface area contributed by atoms with E-state index in [1.54, 1.807) is 29.6 Å². The second kappa shape index (κ2) is 10.7. The molecule has 12 heteroatoms. The van der Waals surface area contributed by atoms with Crippen molar-refractivity contribution >= 4 is 63.4 Å². The van der Waals surface area contributed by atoms with E-state index in [1.165, 1.54) is 19.1 Å². The predicted octanol–water partition coefficient (Wildman–Crippen LogP) is 1.95. The maximum Gasteiger partial charge on any atom is 0.302 e. The third kappa shape index (κ3) is 6.49. The first-order valence-corrected chi connectivity index (χ1v) is 11.0. The number of nitrogens with one attached hydrogen (secondary N) is 2. The van der Waals surface area contributed by atoms with Gasteiger partial charge in [-0.1, -0.05) is 30.0 Å². The summed E-state index contributed by atoms with van der Waals surface area (Å²) in [5.41, 5.74) is 0.334. The SMILES string of the molecule is CC(=O)NC1=NC(SCC(=O)NCc2ccc(F)cc2)=NC(=O)C1=NC(=O)c1cccs1. The zero-order valence-corrected chi connectivity index (χ0v) is 18.3. The number of amides is 4. The molecule has 0 fully saturated rings. The van der Waals surface area contributed by atoms with Gasteiger partial charge in [0.2, 0.25) is 11.8 Å². The van der Waals surface area contributed by atoms with Gasteiger partial charge in [0.1, 0.15) is 5.82 Å². The lowest BCUT2D eigenvalue weighted by Gasteiger charge is -2.13. The Morgan fingerprint density at radius 1 is 1.16 bits per heavy atom. The van der Waals surface area contributed by atoms with Crippen molar-refractivity contribution in [3.63, 3.8) is 0 Å². The van der Waals surface area contributed by atoms with Crippen molar-refractivity contribution in [3.8, 4) is 0 Å². The van der Waals surface area contributed by atoms with Crippen LogP contribution < -0.4 is 10.6 Å². The summed E-state index contributed by atoms with van der Waals surface area (Å²) in [6.45, 7) is 1.42. The second-order valence-corrected chi connectivity index (χ2v) is 8.17. The van der Waals surface area contributed by atoms with Crippen LogP contribution in [-0.4, -0.2) is 46.1 Å². The fraction of sp³-hybridized carbons (Fsp3) is 0.150. The van der Waals surface area contributed by atoms with Gasteiger partial charge >= 0.3 is 5.91 Å². The molecule has 164 valence electrons. The van der Waals surface area contributed by atoms with Crippen molar-refractivity contribution < 1.29 is 23.6 Å². The first kappa shape index (κ1) is 23.2. The number of hydrogen-bond acceptors (Lipinski definition) is 7. The van der Waals surface area contributed by atoms with Gasteiger partial charge < -0.3 is 10.6 Å². The Labute approximate surface area is 189 Å². The van der Waals surface area contributed by atoms with Crippen molar-refractivity contribution in [3.05, 3.63) is 58.0 Å². The highest BCUT2D eigenvalue weighted by Crippen LogP contribution is 2.14. The van der Waals surface area contributed by atoms with Gasteiger partial charge in [0, 0.05) is 13.5 Å². The lowest BCUT2D eigenvalue weighted by atomic mass is 10.2. The molecule has 0 saturated heterocycles. The molecule has 1 aromatic carbocycles. The zero-order valence-electron chi connectivity index (χ0n) is 16.6. The van der Waals surface area contributed by atoms with Gasteiger partial charge in [0.15, 0.2) is 16.7 Å². The van der Waals surface area contributed by atoms with Crippen LogP contribution in [0.25, 0.3) is 0 Å². The summed E-state index contributed by atoms with van der Waals surface area (Å²) < 4.78 is 12.9. The highest BCUT2D eigenvalue weighted by atomic mass is 32.2. The highest BCUT2D eigenvalue weighted by Gasteiger charge is 2.27. The molecule has 0 bridgehead atoms. The summed E-state index contributed by atoms with van der Waals surface area (Å²) in [4.78, 5) is 60.2. The monoisotopic (exact) mass is 473 g/mol. The molecule has 2 N–H and O–H groups in total. The van der Waals surface area contributed by atoms with Crippen LogP contribution >= 0.6 is 23.1 Å². The molecule has 2 heterocycles. The van der Waals surface area contributed by atoms with Gasteiger partial charge in [-0.25, -0.2) is 9.38 Å². The molecule has 0 spiro atoms. The molecule has 1 aromatic heterocycles. The number of benzene rings is 1. The van der Waals surface area contributed by atoms with E-state index in [-0.39, 0.29) is 40.7 Å². The molecule has 0 atom stereocenters. The van der Waals surface area contributed by atoms with Crippen LogP contribution in [0.4, 0.5) is 4.39 Å². The van der Waals surface area contributed by atoms with Crippen LogP contribution in [-0.2, 0) is 20.9 Å². The Morgan fingerprint density at radius 3 is 2.56 bits per heavy atom. The molecule has 2 aromatic rings. The molecule has 4 amide bonds. The number of carbonyl (C=O) groups is 4. The Morgan fingerprint density at radius 2 is 1.91 bits per heavy atom. The number of thioether (sulfide) groups is 1. The largest absolute Gasteiger partial charge is 0.351 e. The van der Waals surface area contributed by atoms with Gasteiger partial charge in [0.25, 0.3) is 5.91 Å². The Bertz CT molecular complexity index is 1140. The number of rotatable bonds is 5. The van der Waals surface area contributed by atoms with Crippen molar-refractivity contribution in [2.24, 2.45) is 15.0 Å². The molecule has 1 aliphatic heterocycles. The van der Waals surface area contributed by atoms with E-state index < -0.39 is 17.7 Å². The fourth-order valence-corrected chi connectivity index (χ4v) is 3.65. The second-order valence-electron chi connectivity index (χ2n) is 6.28. The van der Waals surface area contributed by atoms with Gasteiger partial charge in [0.05, 0.1) is 10.6 Å². The topological polar surface area (TPSA) is 129 Å². The molecule has 1 aliphatic rings. The van der Waals surface area contributed by atoms with Crippen LogP contribution in [0.3, 0.4) is 0 Å². The van der Waals surface area contributed by atoms with Gasteiger partial charge in [-0.15, -0.1) is 11.3 Å². The first-order chi connectivity index (χ1) is 15.3. The summed E-state index contributed by atoms with van der Waals surface area (Å²) in [5, 5.41) is 6.65. The predicted molar refractivity (Wildman–Crippen MR) is 120 cm³/mol. The van der Waals surface area contributed by atoms with Gasteiger partial charge in [-0.3, -0.25) is 19.2 Å². The van der Waals surface area contributed by atoms with Crippen LogP contribution in [0.1, 0.15) is 22.2 Å².